The molecule has 0 saturated heterocycles. The summed E-state index contributed by atoms with van der Waals surface area (Å²) in [6.07, 6.45) is 1.58. The summed E-state index contributed by atoms with van der Waals surface area (Å²) in [7, 11) is 1.63. The Morgan fingerprint density at radius 1 is 1.46 bits per heavy atom. The lowest BCUT2D eigenvalue weighted by Gasteiger charge is -2.02. The number of anilines is 1. The number of aromatic amines is 1. The molecule has 24 heavy (non-hydrogen) atoms. The SMILES string of the molecule is COc1cccc2cc(CNCCCc3[nH]nc(N)c3C#N)oc12. The zero-order valence-electron chi connectivity index (χ0n) is 13.4. The highest BCUT2D eigenvalue weighted by molar-refractivity contribution is 5.83. The zero-order valence-corrected chi connectivity index (χ0v) is 13.4. The van der Waals surface area contributed by atoms with Crippen LogP contribution < -0.4 is 15.8 Å². The van der Waals surface area contributed by atoms with Crippen molar-refractivity contribution in [2.45, 2.75) is 19.4 Å². The molecule has 0 unspecified atom stereocenters. The van der Waals surface area contributed by atoms with Crippen LogP contribution in [0.25, 0.3) is 11.0 Å². The molecule has 124 valence electrons. The number of methoxy groups -OCH3 is 1. The highest BCUT2D eigenvalue weighted by Gasteiger charge is 2.10. The van der Waals surface area contributed by atoms with Crippen molar-refractivity contribution in [2.75, 3.05) is 19.4 Å². The van der Waals surface area contributed by atoms with Gasteiger partial charge in [0, 0.05) is 5.39 Å². The number of nitrogen functional groups attached to an aromatic ring is 1. The molecule has 0 radical (unpaired) electrons. The lowest BCUT2D eigenvalue weighted by atomic mass is 10.1. The molecule has 0 amide bonds. The predicted octanol–water partition coefficient (Wildman–Crippen LogP) is 2.34. The molecule has 0 aliphatic carbocycles. The van der Waals surface area contributed by atoms with Crippen LogP contribution >= 0.6 is 0 Å². The van der Waals surface area contributed by atoms with Gasteiger partial charge in [0.05, 0.1) is 19.3 Å². The Balaban J connectivity index is 1.51. The molecule has 0 spiro atoms. The minimum Gasteiger partial charge on any atom is -0.493 e. The third-order valence-electron chi connectivity index (χ3n) is 3.84. The van der Waals surface area contributed by atoms with E-state index in [1.807, 2.05) is 24.3 Å². The number of nitrogens with zero attached hydrogens (tertiary/aromatic N) is 2. The molecule has 0 aliphatic heterocycles. The summed E-state index contributed by atoms with van der Waals surface area (Å²) >= 11 is 0. The van der Waals surface area contributed by atoms with Gasteiger partial charge in [0.15, 0.2) is 17.2 Å². The van der Waals surface area contributed by atoms with Crippen LogP contribution in [0.2, 0.25) is 0 Å². The summed E-state index contributed by atoms with van der Waals surface area (Å²) in [5, 5.41) is 20.0. The van der Waals surface area contributed by atoms with E-state index in [4.69, 9.17) is 20.1 Å². The Labute approximate surface area is 139 Å². The first-order valence-corrected chi connectivity index (χ1v) is 7.72. The second kappa shape index (κ2) is 7.06. The molecule has 0 aliphatic rings. The molecule has 1 aromatic carbocycles. The number of H-pyrrole nitrogens is 1. The van der Waals surface area contributed by atoms with Gasteiger partial charge in [-0.25, -0.2) is 0 Å². The largest absolute Gasteiger partial charge is 0.493 e. The number of nitrogens with two attached hydrogens (primary N) is 1. The van der Waals surface area contributed by atoms with Gasteiger partial charge in [-0.05, 0) is 31.5 Å². The average molecular weight is 325 g/mol. The lowest BCUT2D eigenvalue weighted by molar-refractivity contribution is 0.406. The van der Waals surface area contributed by atoms with E-state index in [1.165, 1.54) is 0 Å². The Morgan fingerprint density at radius 3 is 3.12 bits per heavy atom. The molecule has 7 heteroatoms. The van der Waals surface area contributed by atoms with Crippen LogP contribution in [-0.4, -0.2) is 23.9 Å². The fourth-order valence-electron chi connectivity index (χ4n) is 2.64. The van der Waals surface area contributed by atoms with Gasteiger partial charge >= 0.3 is 0 Å². The number of hydrogen-bond acceptors (Lipinski definition) is 6. The maximum absolute atomic E-state index is 9.02. The molecular formula is C17H19N5O2. The van der Waals surface area contributed by atoms with E-state index in [9.17, 15) is 0 Å². The van der Waals surface area contributed by atoms with E-state index in [-0.39, 0.29) is 5.82 Å². The van der Waals surface area contributed by atoms with Crippen molar-refractivity contribution in [3.63, 3.8) is 0 Å². The Kier molecular flexibility index (Phi) is 4.68. The Morgan fingerprint density at radius 2 is 2.33 bits per heavy atom. The molecule has 3 aromatic rings. The van der Waals surface area contributed by atoms with E-state index in [1.54, 1.807) is 7.11 Å². The second-order valence-corrected chi connectivity index (χ2v) is 5.45. The molecule has 7 nitrogen and oxygen atoms in total. The van der Waals surface area contributed by atoms with E-state index in [0.29, 0.717) is 18.5 Å². The van der Waals surface area contributed by atoms with Gasteiger partial charge in [0.2, 0.25) is 0 Å². The summed E-state index contributed by atoms with van der Waals surface area (Å²) < 4.78 is 11.1. The van der Waals surface area contributed by atoms with E-state index < -0.39 is 0 Å². The minimum atomic E-state index is 0.261. The third-order valence-corrected chi connectivity index (χ3v) is 3.84. The van der Waals surface area contributed by atoms with Crippen molar-refractivity contribution >= 4 is 16.8 Å². The normalized spacial score (nSPS) is 10.8. The van der Waals surface area contributed by atoms with Crippen LogP contribution in [0.5, 0.6) is 5.75 Å². The smallest absolute Gasteiger partial charge is 0.176 e. The van der Waals surface area contributed by atoms with Gasteiger partial charge in [-0.15, -0.1) is 0 Å². The quantitative estimate of drug-likeness (QED) is 0.575. The van der Waals surface area contributed by atoms with Crippen molar-refractivity contribution < 1.29 is 9.15 Å². The fourth-order valence-corrected chi connectivity index (χ4v) is 2.64. The van der Waals surface area contributed by atoms with Gasteiger partial charge in [0.1, 0.15) is 17.4 Å². The van der Waals surface area contributed by atoms with E-state index in [0.717, 1.165) is 41.1 Å². The number of ether oxygens (including phenoxy) is 1. The van der Waals surface area contributed by atoms with Crippen molar-refractivity contribution in [3.05, 3.63) is 41.3 Å². The van der Waals surface area contributed by atoms with Crippen LogP contribution in [-0.2, 0) is 13.0 Å². The third kappa shape index (κ3) is 3.19. The number of nitrogens with one attached hydrogen (secondary N) is 2. The molecule has 2 aromatic heterocycles. The topological polar surface area (TPSA) is 113 Å². The maximum Gasteiger partial charge on any atom is 0.176 e. The number of para-hydroxylation sites is 1. The van der Waals surface area contributed by atoms with Crippen LogP contribution in [0.15, 0.2) is 28.7 Å². The van der Waals surface area contributed by atoms with Crippen molar-refractivity contribution in [1.82, 2.24) is 15.5 Å². The van der Waals surface area contributed by atoms with Crippen LogP contribution in [0.1, 0.15) is 23.4 Å². The first-order valence-electron chi connectivity index (χ1n) is 7.72. The Hall–Kier alpha value is -2.98. The molecule has 0 saturated carbocycles. The number of furan rings is 1. The molecule has 0 atom stereocenters. The molecule has 4 N–H and O–H groups in total. The number of benzene rings is 1. The number of aryl methyl sites for hydroxylation is 1. The summed E-state index contributed by atoms with van der Waals surface area (Å²) in [4.78, 5) is 0. The van der Waals surface area contributed by atoms with E-state index in [2.05, 4.69) is 21.6 Å². The number of hydrogen-bond donors (Lipinski definition) is 3. The standard InChI is InChI=1S/C17H19N5O2/c1-23-15-6-2-4-11-8-12(24-16(11)15)10-20-7-3-5-14-13(9-18)17(19)22-21-14/h2,4,6,8,20H,3,5,7,10H2,1H3,(H3,19,21,22). The number of fused-ring (bicyclic) bond motifs is 1. The second-order valence-electron chi connectivity index (χ2n) is 5.45. The monoisotopic (exact) mass is 325 g/mol. The van der Waals surface area contributed by atoms with Crippen molar-refractivity contribution in [2.24, 2.45) is 0 Å². The minimum absolute atomic E-state index is 0.261. The summed E-state index contributed by atoms with van der Waals surface area (Å²) in [5.41, 5.74) is 7.61. The van der Waals surface area contributed by atoms with Gasteiger partial charge < -0.3 is 20.2 Å². The fraction of sp³-hybridized carbons (Fsp3) is 0.294. The van der Waals surface area contributed by atoms with Crippen LogP contribution in [0.4, 0.5) is 5.82 Å². The molecule has 2 heterocycles. The first kappa shape index (κ1) is 15.9. The van der Waals surface area contributed by atoms with Crippen LogP contribution in [0, 0.1) is 11.3 Å². The van der Waals surface area contributed by atoms with Gasteiger partial charge in [-0.3, -0.25) is 5.10 Å². The van der Waals surface area contributed by atoms with Gasteiger partial charge in [-0.1, -0.05) is 12.1 Å². The number of rotatable bonds is 7. The Bertz CT molecular complexity index is 875. The van der Waals surface area contributed by atoms with Crippen molar-refractivity contribution in [3.8, 4) is 11.8 Å². The highest BCUT2D eigenvalue weighted by atomic mass is 16.5. The highest BCUT2D eigenvalue weighted by Crippen LogP contribution is 2.28. The summed E-state index contributed by atoms with van der Waals surface area (Å²) in [6, 6.07) is 9.90. The molecule has 0 fully saturated rings. The van der Waals surface area contributed by atoms with Crippen molar-refractivity contribution in [1.29, 1.82) is 5.26 Å². The number of nitriles is 1. The number of aromatic nitrogens is 2. The van der Waals surface area contributed by atoms with Crippen LogP contribution in [0.3, 0.4) is 0 Å². The predicted molar refractivity (Wildman–Crippen MR) is 90.5 cm³/mol. The zero-order chi connectivity index (χ0) is 16.9. The molecular weight excluding hydrogens is 306 g/mol. The van der Waals surface area contributed by atoms with Gasteiger partial charge in [-0.2, -0.15) is 10.4 Å². The van der Waals surface area contributed by atoms with Gasteiger partial charge in [0.25, 0.3) is 0 Å². The lowest BCUT2D eigenvalue weighted by Crippen LogP contribution is -2.15. The average Bonchev–Trinajstić information content (AvgIpc) is 3.17. The first-order chi connectivity index (χ1) is 11.7. The summed E-state index contributed by atoms with van der Waals surface area (Å²) in [5.74, 6) is 1.86. The summed E-state index contributed by atoms with van der Waals surface area (Å²) in [6.45, 7) is 1.42. The molecule has 0 bridgehead atoms. The molecule has 3 rings (SSSR count). The maximum atomic E-state index is 9.02. The van der Waals surface area contributed by atoms with E-state index >= 15 is 0 Å².